The van der Waals surface area contributed by atoms with Gasteiger partial charge in [-0.1, -0.05) is 6.07 Å². The number of hydrogen-bond donors (Lipinski definition) is 1. The van der Waals surface area contributed by atoms with Crippen molar-refractivity contribution in [1.82, 2.24) is 4.98 Å². The summed E-state index contributed by atoms with van der Waals surface area (Å²) in [6.45, 7) is 0. The third-order valence-electron chi connectivity index (χ3n) is 1.54. The summed E-state index contributed by atoms with van der Waals surface area (Å²) in [5.41, 5.74) is 6.28. The molecule has 0 bridgehead atoms. The number of furan rings is 1. The normalized spacial score (nSPS) is 10.0. The van der Waals surface area contributed by atoms with Crippen LogP contribution in [0.5, 0.6) is 0 Å². The molecule has 0 amide bonds. The van der Waals surface area contributed by atoms with Gasteiger partial charge in [-0.25, -0.2) is 4.98 Å². The first kappa shape index (κ1) is 6.91. The van der Waals surface area contributed by atoms with Gasteiger partial charge in [-0.05, 0) is 24.3 Å². The van der Waals surface area contributed by atoms with Crippen LogP contribution in [0.2, 0.25) is 0 Å². The fraction of sp³-hybridized carbons (Fsp3) is 0. The molecule has 2 aromatic heterocycles. The number of nitrogens with two attached hydrogens (primary N) is 1. The molecule has 0 saturated heterocycles. The topological polar surface area (TPSA) is 52.0 Å². The van der Waals surface area contributed by atoms with E-state index in [9.17, 15) is 0 Å². The van der Waals surface area contributed by atoms with E-state index >= 15 is 0 Å². The maximum Gasteiger partial charge on any atom is 0.152 e. The molecule has 0 atom stereocenters. The van der Waals surface area contributed by atoms with Crippen LogP contribution in [0, 0.1) is 0 Å². The van der Waals surface area contributed by atoms with Crippen LogP contribution in [0.1, 0.15) is 0 Å². The van der Waals surface area contributed by atoms with Gasteiger partial charge in [0.25, 0.3) is 0 Å². The largest absolute Gasteiger partial charge is 0.463 e. The predicted octanol–water partition coefficient (Wildman–Crippen LogP) is 1.92. The fourth-order valence-electron chi connectivity index (χ4n) is 1.01. The molecule has 2 aromatic rings. The van der Waals surface area contributed by atoms with Crippen molar-refractivity contribution in [2.75, 3.05) is 5.73 Å². The number of rotatable bonds is 1. The molecule has 0 saturated carbocycles. The fourth-order valence-corrected chi connectivity index (χ4v) is 1.01. The van der Waals surface area contributed by atoms with E-state index in [2.05, 4.69) is 4.98 Å². The van der Waals surface area contributed by atoms with Crippen LogP contribution in [0.4, 0.5) is 5.82 Å². The molecule has 0 fully saturated rings. The molecule has 2 N–H and O–H groups in total. The molecule has 0 radical (unpaired) electrons. The summed E-state index contributed by atoms with van der Waals surface area (Å²) in [7, 11) is 0. The molecular weight excluding hydrogens is 152 g/mol. The van der Waals surface area contributed by atoms with E-state index in [1.165, 1.54) is 0 Å². The molecule has 2 heterocycles. The Morgan fingerprint density at radius 2 is 2.08 bits per heavy atom. The molecule has 0 aliphatic rings. The van der Waals surface area contributed by atoms with Gasteiger partial charge >= 0.3 is 0 Å². The lowest BCUT2D eigenvalue weighted by molar-refractivity contribution is 0.580. The zero-order valence-electron chi connectivity index (χ0n) is 6.40. The Hall–Kier alpha value is -1.77. The molecule has 0 unspecified atom stereocenters. The van der Waals surface area contributed by atoms with Crippen molar-refractivity contribution < 1.29 is 4.42 Å². The van der Waals surface area contributed by atoms with Gasteiger partial charge in [0, 0.05) is 0 Å². The van der Waals surface area contributed by atoms with Crippen LogP contribution in [-0.4, -0.2) is 4.98 Å². The smallest absolute Gasteiger partial charge is 0.152 e. The Bertz CT molecular complexity index is 368. The zero-order chi connectivity index (χ0) is 8.39. The van der Waals surface area contributed by atoms with Crippen molar-refractivity contribution in [3.8, 4) is 11.5 Å². The first-order chi connectivity index (χ1) is 5.86. The first-order valence-electron chi connectivity index (χ1n) is 3.63. The highest BCUT2D eigenvalue weighted by Gasteiger charge is 2.00. The van der Waals surface area contributed by atoms with E-state index in [1.54, 1.807) is 12.3 Å². The van der Waals surface area contributed by atoms with E-state index in [4.69, 9.17) is 10.2 Å². The SMILES string of the molecule is Nc1cccc(-c2ccco2)n1. The minimum absolute atomic E-state index is 0.504. The van der Waals surface area contributed by atoms with E-state index in [0.29, 0.717) is 5.82 Å². The molecule has 0 aromatic carbocycles. The highest BCUT2D eigenvalue weighted by molar-refractivity contribution is 5.54. The average Bonchev–Trinajstić information content (AvgIpc) is 2.56. The number of aromatic nitrogens is 1. The number of nitrogens with zero attached hydrogens (tertiary/aromatic N) is 1. The second kappa shape index (κ2) is 2.70. The molecule has 3 heteroatoms. The van der Waals surface area contributed by atoms with Gasteiger partial charge in [0.05, 0.1) is 6.26 Å². The average molecular weight is 160 g/mol. The number of pyridine rings is 1. The Balaban J connectivity index is 2.48. The van der Waals surface area contributed by atoms with E-state index in [1.807, 2.05) is 24.3 Å². The van der Waals surface area contributed by atoms with Gasteiger partial charge in [-0.3, -0.25) is 0 Å². The van der Waals surface area contributed by atoms with E-state index in [-0.39, 0.29) is 0 Å². The van der Waals surface area contributed by atoms with E-state index in [0.717, 1.165) is 11.5 Å². The maximum absolute atomic E-state index is 5.51. The summed E-state index contributed by atoms with van der Waals surface area (Å²) >= 11 is 0. The van der Waals surface area contributed by atoms with Gasteiger partial charge in [0.1, 0.15) is 11.5 Å². The third-order valence-corrected chi connectivity index (χ3v) is 1.54. The summed E-state index contributed by atoms with van der Waals surface area (Å²) < 4.78 is 5.16. The zero-order valence-corrected chi connectivity index (χ0v) is 6.40. The minimum Gasteiger partial charge on any atom is -0.463 e. The van der Waals surface area contributed by atoms with Gasteiger partial charge in [-0.15, -0.1) is 0 Å². The number of nitrogen functional groups attached to an aromatic ring is 1. The van der Waals surface area contributed by atoms with Crippen molar-refractivity contribution in [2.45, 2.75) is 0 Å². The van der Waals surface area contributed by atoms with Crippen molar-refractivity contribution >= 4 is 5.82 Å². The molecule has 60 valence electrons. The lowest BCUT2D eigenvalue weighted by Gasteiger charge is -1.95. The number of anilines is 1. The van der Waals surface area contributed by atoms with Gasteiger partial charge < -0.3 is 10.2 Å². The monoisotopic (exact) mass is 160 g/mol. The van der Waals surface area contributed by atoms with Crippen LogP contribution in [0.3, 0.4) is 0 Å². The Morgan fingerprint density at radius 3 is 2.75 bits per heavy atom. The van der Waals surface area contributed by atoms with Crippen LogP contribution in [-0.2, 0) is 0 Å². The predicted molar refractivity (Wildman–Crippen MR) is 46.4 cm³/mol. The molecular formula is C9H8N2O. The van der Waals surface area contributed by atoms with Crippen molar-refractivity contribution in [3.05, 3.63) is 36.6 Å². The minimum atomic E-state index is 0.504. The van der Waals surface area contributed by atoms with Crippen LogP contribution in [0.25, 0.3) is 11.5 Å². The van der Waals surface area contributed by atoms with Crippen molar-refractivity contribution in [1.29, 1.82) is 0 Å². The van der Waals surface area contributed by atoms with Crippen molar-refractivity contribution in [3.63, 3.8) is 0 Å². The Morgan fingerprint density at radius 1 is 1.17 bits per heavy atom. The summed E-state index contributed by atoms with van der Waals surface area (Å²) in [6.07, 6.45) is 1.61. The summed E-state index contributed by atoms with van der Waals surface area (Å²) in [5.74, 6) is 1.24. The number of hydrogen-bond acceptors (Lipinski definition) is 3. The second-order valence-electron chi connectivity index (χ2n) is 2.42. The highest BCUT2D eigenvalue weighted by Crippen LogP contribution is 2.17. The van der Waals surface area contributed by atoms with Crippen molar-refractivity contribution in [2.24, 2.45) is 0 Å². The highest BCUT2D eigenvalue weighted by atomic mass is 16.3. The van der Waals surface area contributed by atoms with Crippen LogP contribution in [0.15, 0.2) is 41.0 Å². The van der Waals surface area contributed by atoms with Gasteiger partial charge in [0.15, 0.2) is 5.76 Å². The molecule has 0 spiro atoms. The molecule has 2 rings (SSSR count). The molecule has 0 aliphatic heterocycles. The summed E-state index contributed by atoms with van der Waals surface area (Å²) in [6, 6.07) is 9.11. The summed E-state index contributed by atoms with van der Waals surface area (Å²) in [4.78, 5) is 4.10. The van der Waals surface area contributed by atoms with Gasteiger partial charge in [-0.2, -0.15) is 0 Å². The third kappa shape index (κ3) is 1.16. The maximum atomic E-state index is 5.51. The lowest BCUT2D eigenvalue weighted by atomic mass is 10.3. The lowest BCUT2D eigenvalue weighted by Crippen LogP contribution is -1.90. The molecule has 0 aliphatic carbocycles. The standard InChI is InChI=1S/C9H8N2O/c10-9-5-1-3-7(11-9)8-4-2-6-12-8/h1-6H,(H2,10,11). The molecule has 12 heavy (non-hydrogen) atoms. The molecule has 3 nitrogen and oxygen atoms in total. The Labute approximate surface area is 69.8 Å². The van der Waals surface area contributed by atoms with Crippen LogP contribution < -0.4 is 5.73 Å². The second-order valence-corrected chi connectivity index (χ2v) is 2.42. The summed E-state index contributed by atoms with van der Waals surface area (Å²) in [5, 5.41) is 0. The van der Waals surface area contributed by atoms with E-state index < -0.39 is 0 Å². The first-order valence-corrected chi connectivity index (χ1v) is 3.63. The quantitative estimate of drug-likeness (QED) is 0.693. The van der Waals surface area contributed by atoms with Crippen LogP contribution >= 0.6 is 0 Å². The van der Waals surface area contributed by atoms with Gasteiger partial charge in [0.2, 0.25) is 0 Å². The Kier molecular flexibility index (Phi) is 1.55.